The Labute approximate surface area is 651 Å². The maximum atomic E-state index is 13.2. The molecule has 0 saturated carbocycles. The van der Waals surface area contributed by atoms with Crippen LogP contribution in [0.2, 0.25) is 0 Å². The average Bonchev–Trinajstić information content (AvgIpc) is 0.899. The van der Waals surface area contributed by atoms with E-state index in [4.69, 9.17) is 37.0 Å². The van der Waals surface area contributed by atoms with Crippen molar-refractivity contribution in [2.24, 2.45) is 23.7 Å². The van der Waals surface area contributed by atoms with Gasteiger partial charge in [0.2, 0.25) is 0 Å². The van der Waals surface area contributed by atoms with Crippen molar-refractivity contribution in [2.45, 2.75) is 472 Å². The Kier molecular flexibility index (Phi) is 74.3. The second-order valence-electron chi connectivity index (χ2n) is 32.7. The van der Waals surface area contributed by atoms with Crippen molar-refractivity contribution in [3.63, 3.8) is 0 Å². The van der Waals surface area contributed by atoms with E-state index in [1.165, 1.54) is 257 Å². The number of esters is 4. The summed E-state index contributed by atoms with van der Waals surface area (Å²) in [5.41, 5.74) is 0. The van der Waals surface area contributed by atoms with Crippen LogP contribution < -0.4 is 0 Å². The maximum Gasteiger partial charge on any atom is 0.472 e. The number of aliphatic hydroxyl groups excluding tert-OH is 1. The van der Waals surface area contributed by atoms with Crippen LogP contribution in [-0.4, -0.2) is 96.7 Å². The van der Waals surface area contributed by atoms with Crippen molar-refractivity contribution in [3.05, 3.63) is 0 Å². The first-order valence-corrected chi connectivity index (χ1v) is 47.8. The van der Waals surface area contributed by atoms with Gasteiger partial charge in [-0.1, -0.05) is 402 Å². The number of hydrogen-bond donors (Lipinski definition) is 3. The first-order chi connectivity index (χ1) is 51.2. The van der Waals surface area contributed by atoms with Crippen molar-refractivity contribution in [2.75, 3.05) is 39.6 Å². The van der Waals surface area contributed by atoms with Crippen LogP contribution in [0.5, 0.6) is 0 Å². The molecule has 0 aromatic rings. The molecule has 7 atom stereocenters. The van der Waals surface area contributed by atoms with Gasteiger partial charge < -0.3 is 33.8 Å². The Morgan fingerprint density at radius 3 is 0.670 bits per heavy atom. The molecule has 19 heteroatoms. The quantitative estimate of drug-likeness (QED) is 0.0222. The van der Waals surface area contributed by atoms with Crippen molar-refractivity contribution in [1.29, 1.82) is 0 Å². The van der Waals surface area contributed by atoms with Crippen molar-refractivity contribution < 1.29 is 80.2 Å². The second kappa shape index (κ2) is 75.7. The zero-order chi connectivity index (χ0) is 78.1. The first kappa shape index (κ1) is 104. The zero-order valence-corrected chi connectivity index (χ0v) is 71.9. The van der Waals surface area contributed by atoms with Gasteiger partial charge in [-0.15, -0.1) is 0 Å². The van der Waals surface area contributed by atoms with Gasteiger partial charge in [-0.3, -0.25) is 37.3 Å². The van der Waals surface area contributed by atoms with E-state index in [9.17, 15) is 43.2 Å². The molecule has 0 aromatic carbocycles. The summed E-state index contributed by atoms with van der Waals surface area (Å²) < 4.78 is 69.0. The van der Waals surface area contributed by atoms with E-state index in [0.717, 1.165) is 114 Å². The molecular weight excluding hydrogens is 1380 g/mol. The van der Waals surface area contributed by atoms with Crippen LogP contribution in [0, 0.1) is 23.7 Å². The third kappa shape index (κ3) is 77.4. The molecule has 0 rings (SSSR count). The van der Waals surface area contributed by atoms with Crippen molar-refractivity contribution in [3.8, 4) is 0 Å². The molecule has 0 aliphatic heterocycles. The lowest BCUT2D eigenvalue weighted by molar-refractivity contribution is -0.161. The van der Waals surface area contributed by atoms with Gasteiger partial charge in [-0.05, 0) is 49.4 Å². The highest BCUT2D eigenvalue weighted by molar-refractivity contribution is 7.47. The van der Waals surface area contributed by atoms with Gasteiger partial charge in [0.1, 0.15) is 19.3 Å². The van der Waals surface area contributed by atoms with Crippen LogP contribution in [0.25, 0.3) is 0 Å². The zero-order valence-electron chi connectivity index (χ0n) is 70.1. The lowest BCUT2D eigenvalue weighted by atomic mass is 9.99. The average molecular weight is 1550 g/mol. The van der Waals surface area contributed by atoms with Gasteiger partial charge in [0.15, 0.2) is 12.2 Å². The molecule has 0 heterocycles. The standard InChI is InChI=1S/C87H170O17P2/c1-9-79(7)65-57-49-41-33-27-21-15-13-11-12-14-16-22-29-35-45-53-61-69-86(91)103-82(73-97-84(89)67-59-51-43-34-28-23-17-19-25-31-39-47-55-63-77(3)4)75-101-105(93,94)99-71-81(88)72-100-106(95,96)102-76-83(74-98-85(90)68-60-52-44-38-37-42-50-58-66-80(8)10-2)104-87(92)70-62-54-46-36-30-24-18-20-26-32-40-48-56-64-78(5)6/h77-83,88H,9-76H2,1-8H3,(H,93,94)(H,95,96)/t79?,80?,81-,82-,83-/m1/s1. The largest absolute Gasteiger partial charge is 0.472 e. The Hall–Kier alpha value is -1.94. The Morgan fingerprint density at radius 1 is 0.264 bits per heavy atom. The van der Waals surface area contributed by atoms with E-state index >= 15 is 0 Å². The molecule has 3 N–H and O–H groups in total. The molecule has 0 radical (unpaired) electrons. The topological polar surface area (TPSA) is 237 Å². The van der Waals surface area contributed by atoms with Crippen LogP contribution in [-0.2, 0) is 65.4 Å². The predicted molar refractivity (Wildman–Crippen MR) is 437 cm³/mol. The summed E-state index contributed by atoms with van der Waals surface area (Å²) in [4.78, 5) is 73.3. The lowest BCUT2D eigenvalue weighted by Gasteiger charge is -2.21. The minimum atomic E-state index is -4.97. The molecule has 0 aliphatic carbocycles. The van der Waals surface area contributed by atoms with Gasteiger partial charge in [0.05, 0.1) is 26.4 Å². The van der Waals surface area contributed by atoms with E-state index < -0.39 is 97.5 Å². The number of ether oxygens (including phenoxy) is 4. The summed E-state index contributed by atoms with van der Waals surface area (Å²) in [7, 11) is -9.93. The highest BCUT2D eigenvalue weighted by atomic mass is 31.2. The molecule has 630 valence electrons. The van der Waals surface area contributed by atoms with E-state index in [1.807, 2.05) is 0 Å². The van der Waals surface area contributed by atoms with Gasteiger partial charge in [-0.25, -0.2) is 9.13 Å². The fraction of sp³-hybridized carbons (Fsp3) is 0.954. The third-order valence-electron chi connectivity index (χ3n) is 21.0. The normalized spacial score (nSPS) is 14.4. The Balaban J connectivity index is 5.25. The summed E-state index contributed by atoms with van der Waals surface area (Å²) in [6.07, 6.45) is 65.1. The molecule has 0 fully saturated rings. The number of phosphoric acid groups is 2. The number of unbranched alkanes of at least 4 members (excludes halogenated alkanes) is 48. The number of rotatable bonds is 84. The van der Waals surface area contributed by atoms with Crippen LogP contribution in [0.4, 0.5) is 0 Å². The molecule has 0 aliphatic rings. The lowest BCUT2D eigenvalue weighted by Crippen LogP contribution is -2.30. The molecule has 0 bridgehead atoms. The van der Waals surface area contributed by atoms with Crippen LogP contribution in [0.1, 0.15) is 453 Å². The summed E-state index contributed by atoms with van der Waals surface area (Å²) in [5, 5.41) is 10.7. The molecule has 17 nitrogen and oxygen atoms in total. The maximum absolute atomic E-state index is 13.2. The summed E-state index contributed by atoms with van der Waals surface area (Å²) in [6, 6.07) is 0. The number of hydrogen-bond acceptors (Lipinski definition) is 15. The van der Waals surface area contributed by atoms with Crippen LogP contribution in [0.3, 0.4) is 0 Å². The minimum absolute atomic E-state index is 0.107. The number of aliphatic hydroxyl groups is 1. The van der Waals surface area contributed by atoms with Gasteiger partial charge in [0.25, 0.3) is 0 Å². The van der Waals surface area contributed by atoms with Gasteiger partial charge in [0, 0.05) is 25.7 Å². The minimum Gasteiger partial charge on any atom is -0.462 e. The van der Waals surface area contributed by atoms with Gasteiger partial charge >= 0.3 is 39.5 Å². The van der Waals surface area contributed by atoms with Crippen LogP contribution in [0.15, 0.2) is 0 Å². The van der Waals surface area contributed by atoms with E-state index in [1.54, 1.807) is 0 Å². The monoisotopic (exact) mass is 1550 g/mol. The third-order valence-corrected chi connectivity index (χ3v) is 22.9. The Morgan fingerprint density at radius 2 is 0.453 bits per heavy atom. The van der Waals surface area contributed by atoms with Crippen molar-refractivity contribution in [1.82, 2.24) is 0 Å². The first-order valence-electron chi connectivity index (χ1n) is 44.8. The summed E-state index contributed by atoms with van der Waals surface area (Å²) in [5.74, 6) is 1.12. The fourth-order valence-electron chi connectivity index (χ4n) is 13.4. The highest BCUT2D eigenvalue weighted by Crippen LogP contribution is 2.45. The van der Waals surface area contributed by atoms with Gasteiger partial charge in [-0.2, -0.15) is 0 Å². The molecule has 0 aromatic heterocycles. The number of carbonyl (C=O) groups excluding carboxylic acids is 4. The second-order valence-corrected chi connectivity index (χ2v) is 35.6. The summed E-state index contributed by atoms with van der Waals surface area (Å²) >= 11 is 0. The van der Waals surface area contributed by atoms with Crippen molar-refractivity contribution >= 4 is 39.5 Å². The smallest absolute Gasteiger partial charge is 0.462 e. The predicted octanol–water partition coefficient (Wildman–Crippen LogP) is 26.3. The van der Waals surface area contributed by atoms with E-state index in [-0.39, 0.29) is 25.7 Å². The molecular formula is C87H170O17P2. The van der Waals surface area contributed by atoms with E-state index in [2.05, 4.69) is 55.4 Å². The fourth-order valence-corrected chi connectivity index (χ4v) is 15.0. The SMILES string of the molecule is CCC(C)CCCCCCCCCCCCCCCCCCCCC(=O)O[C@H](COC(=O)CCCCCCCCCCCCCCCC(C)C)COP(=O)(O)OC[C@@H](O)COP(=O)(O)OC[C@@H](COC(=O)CCCCCCCCCCC(C)CC)OC(=O)CCCCCCCCCCCCCCCC(C)C. The van der Waals surface area contributed by atoms with Crippen LogP contribution >= 0.6 is 15.6 Å². The molecule has 0 spiro atoms. The number of phosphoric ester groups is 2. The molecule has 0 amide bonds. The Bertz CT molecular complexity index is 2060. The van der Waals surface area contributed by atoms with E-state index in [0.29, 0.717) is 25.7 Å². The summed E-state index contributed by atoms with van der Waals surface area (Å²) in [6.45, 7) is 14.4. The molecule has 4 unspecified atom stereocenters. The molecule has 106 heavy (non-hydrogen) atoms. The number of carbonyl (C=O) groups is 4. The molecule has 0 saturated heterocycles. The highest BCUT2D eigenvalue weighted by Gasteiger charge is 2.31.